The number of aryl methyl sites for hydroxylation is 1. The van der Waals surface area contributed by atoms with Gasteiger partial charge in [-0.25, -0.2) is 13.4 Å². The average molecular weight is 438 g/mol. The first kappa shape index (κ1) is 21.7. The fourth-order valence-electron chi connectivity index (χ4n) is 3.19. The van der Waals surface area contributed by atoms with Crippen molar-refractivity contribution in [3.05, 3.63) is 34.8 Å². The van der Waals surface area contributed by atoms with E-state index in [0.29, 0.717) is 44.2 Å². The lowest BCUT2D eigenvalue weighted by Gasteiger charge is -2.34. The quantitative estimate of drug-likeness (QED) is 0.661. The molecule has 3 rings (SSSR count). The molecule has 1 aromatic carbocycles. The Balaban J connectivity index is 1.63. The molecule has 9 heteroatoms. The van der Waals surface area contributed by atoms with Crippen molar-refractivity contribution in [1.82, 2.24) is 14.8 Å². The standard InChI is InChI=1S/C20H27N3O4S2/c1-4-27-17-7-5-16(6-8-17)19-21-15(2)18(28-19)20(24)23-11-9-22(10-12-23)13-14-29(3,25)26/h5-8H,4,9-14H2,1-3H3. The van der Waals surface area contributed by atoms with E-state index in [-0.39, 0.29) is 11.7 Å². The van der Waals surface area contributed by atoms with Gasteiger partial charge in [0.1, 0.15) is 25.5 Å². The van der Waals surface area contributed by atoms with Gasteiger partial charge in [0.05, 0.1) is 18.1 Å². The van der Waals surface area contributed by atoms with E-state index in [2.05, 4.69) is 9.88 Å². The summed E-state index contributed by atoms with van der Waals surface area (Å²) in [5, 5.41) is 0.820. The minimum absolute atomic E-state index is 0.0000467. The largest absolute Gasteiger partial charge is 0.494 e. The third-order valence-corrected chi connectivity index (χ3v) is 6.96. The van der Waals surface area contributed by atoms with E-state index in [0.717, 1.165) is 22.0 Å². The van der Waals surface area contributed by atoms with Gasteiger partial charge in [-0.3, -0.25) is 9.69 Å². The summed E-state index contributed by atoms with van der Waals surface area (Å²) in [5.41, 5.74) is 1.70. The van der Waals surface area contributed by atoms with E-state index in [1.165, 1.54) is 17.6 Å². The van der Waals surface area contributed by atoms with Crippen molar-refractivity contribution in [1.29, 1.82) is 0 Å². The zero-order valence-corrected chi connectivity index (χ0v) is 18.7. The molecule has 0 unspecified atom stereocenters. The normalized spacial score (nSPS) is 15.5. The lowest BCUT2D eigenvalue weighted by atomic mass is 10.2. The Kier molecular flexibility index (Phi) is 6.92. The fraction of sp³-hybridized carbons (Fsp3) is 0.500. The number of piperazine rings is 1. The molecule has 0 spiro atoms. The molecule has 0 N–H and O–H groups in total. The third-order valence-electron chi connectivity index (χ3n) is 4.84. The summed E-state index contributed by atoms with van der Waals surface area (Å²) in [6.45, 7) is 7.51. The van der Waals surface area contributed by atoms with E-state index >= 15 is 0 Å². The van der Waals surface area contributed by atoms with Gasteiger partial charge < -0.3 is 9.64 Å². The number of sulfone groups is 1. The second-order valence-electron chi connectivity index (χ2n) is 7.15. The van der Waals surface area contributed by atoms with Crippen molar-refractivity contribution in [3.8, 4) is 16.3 Å². The molecule has 1 fully saturated rings. The molecule has 2 aromatic rings. The molecule has 0 saturated carbocycles. The van der Waals surface area contributed by atoms with Gasteiger partial charge >= 0.3 is 0 Å². The molecule has 0 atom stereocenters. The highest BCUT2D eigenvalue weighted by Crippen LogP contribution is 2.30. The zero-order chi connectivity index (χ0) is 21.0. The van der Waals surface area contributed by atoms with Crippen LogP contribution in [-0.4, -0.2) is 80.4 Å². The van der Waals surface area contributed by atoms with Crippen molar-refractivity contribution in [2.45, 2.75) is 13.8 Å². The SMILES string of the molecule is CCOc1ccc(-c2nc(C)c(C(=O)N3CCN(CCS(C)(=O)=O)CC3)s2)cc1. The highest BCUT2D eigenvalue weighted by atomic mass is 32.2. The first-order valence-corrected chi connectivity index (χ1v) is 12.5. The summed E-state index contributed by atoms with van der Waals surface area (Å²) in [5.74, 6) is 0.967. The van der Waals surface area contributed by atoms with Crippen LogP contribution in [0.1, 0.15) is 22.3 Å². The predicted molar refractivity (Wildman–Crippen MR) is 116 cm³/mol. The van der Waals surface area contributed by atoms with Crippen LogP contribution in [0.25, 0.3) is 10.6 Å². The van der Waals surface area contributed by atoms with Gasteiger partial charge in [-0.1, -0.05) is 0 Å². The van der Waals surface area contributed by atoms with E-state index < -0.39 is 9.84 Å². The monoisotopic (exact) mass is 437 g/mol. The van der Waals surface area contributed by atoms with Crippen LogP contribution in [0, 0.1) is 6.92 Å². The van der Waals surface area contributed by atoms with Gasteiger partial charge in [-0.2, -0.15) is 0 Å². The second-order valence-corrected chi connectivity index (χ2v) is 10.4. The molecule has 2 heterocycles. The lowest BCUT2D eigenvalue weighted by Crippen LogP contribution is -2.49. The van der Waals surface area contributed by atoms with Crippen LogP contribution in [0.3, 0.4) is 0 Å². The summed E-state index contributed by atoms with van der Waals surface area (Å²) < 4.78 is 28.1. The second kappa shape index (κ2) is 9.23. The van der Waals surface area contributed by atoms with E-state index in [9.17, 15) is 13.2 Å². The van der Waals surface area contributed by atoms with Crippen LogP contribution in [0.2, 0.25) is 0 Å². The summed E-state index contributed by atoms with van der Waals surface area (Å²) in [4.78, 5) is 22.2. The molecule has 0 aliphatic carbocycles. The average Bonchev–Trinajstić information content (AvgIpc) is 3.08. The van der Waals surface area contributed by atoms with Crippen molar-refractivity contribution < 1.29 is 17.9 Å². The molecular formula is C20H27N3O4S2. The maximum atomic E-state index is 13.0. The van der Waals surface area contributed by atoms with Crippen LogP contribution >= 0.6 is 11.3 Å². The molecule has 1 aliphatic heterocycles. The minimum atomic E-state index is -2.97. The predicted octanol–water partition coefficient (Wildman–Crippen LogP) is 2.32. The van der Waals surface area contributed by atoms with E-state index in [1.54, 1.807) is 0 Å². The van der Waals surface area contributed by atoms with Crippen molar-refractivity contribution >= 4 is 27.1 Å². The molecular weight excluding hydrogens is 410 g/mol. The Morgan fingerprint density at radius 1 is 1.17 bits per heavy atom. The van der Waals surface area contributed by atoms with Crippen LogP contribution in [0.4, 0.5) is 0 Å². The number of amides is 1. The minimum Gasteiger partial charge on any atom is -0.494 e. The highest BCUT2D eigenvalue weighted by molar-refractivity contribution is 7.90. The van der Waals surface area contributed by atoms with Gasteiger partial charge in [-0.15, -0.1) is 11.3 Å². The van der Waals surface area contributed by atoms with Crippen LogP contribution in [0.5, 0.6) is 5.75 Å². The summed E-state index contributed by atoms with van der Waals surface area (Å²) >= 11 is 1.41. The number of carbonyl (C=O) groups is 1. The first-order valence-electron chi connectivity index (χ1n) is 9.67. The molecule has 158 valence electrons. The van der Waals surface area contributed by atoms with Crippen LogP contribution < -0.4 is 4.74 Å². The molecule has 1 aromatic heterocycles. The molecule has 1 amide bonds. The van der Waals surface area contributed by atoms with Gasteiger partial charge in [-0.05, 0) is 38.1 Å². The number of hydrogen-bond donors (Lipinski definition) is 0. The Morgan fingerprint density at radius 2 is 1.83 bits per heavy atom. The van der Waals surface area contributed by atoms with Crippen molar-refractivity contribution in [2.75, 3.05) is 51.3 Å². The van der Waals surface area contributed by atoms with Crippen LogP contribution in [0.15, 0.2) is 24.3 Å². The number of hydrogen-bond acceptors (Lipinski definition) is 7. The number of aromatic nitrogens is 1. The van der Waals surface area contributed by atoms with Crippen molar-refractivity contribution in [2.24, 2.45) is 0 Å². The molecule has 1 saturated heterocycles. The Hall–Kier alpha value is -1.97. The lowest BCUT2D eigenvalue weighted by molar-refractivity contribution is 0.0648. The van der Waals surface area contributed by atoms with Gasteiger partial charge in [0, 0.05) is 44.5 Å². The fourth-order valence-corrected chi connectivity index (χ4v) is 4.82. The number of carbonyl (C=O) groups excluding carboxylic acids is 1. The van der Waals surface area contributed by atoms with Gasteiger partial charge in [0.2, 0.25) is 0 Å². The Morgan fingerprint density at radius 3 is 2.41 bits per heavy atom. The first-order chi connectivity index (χ1) is 13.8. The molecule has 0 bridgehead atoms. The summed E-state index contributed by atoms with van der Waals surface area (Å²) in [6, 6.07) is 7.73. The number of thiazole rings is 1. The van der Waals surface area contributed by atoms with E-state index in [1.807, 2.05) is 43.0 Å². The number of nitrogens with zero attached hydrogens (tertiary/aromatic N) is 3. The van der Waals surface area contributed by atoms with Crippen LogP contribution in [-0.2, 0) is 9.84 Å². The maximum absolute atomic E-state index is 13.0. The number of ether oxygens (including phenoxy) is 1. The van der Waals surface area contributed by atoms with Crippen molar-refractivity contribution in [3.63, 3.8) is 0 Å². The van der Waals surface area contributed by atoms with E-state index in [4.69, 9.17) is 4.74 Å². The highest BCUT2D eigenvalue weighted by Gasteiger charge is 2.26. The van der Waals surface area contributed by atoms with Gasteiger partial charge in [0.15, 0.2) is 0 Å². The molecule has 0 radical (unpaired) electrons. The topological polar surface area (TPSA) is 79.8 Å². The number of benzene rings is 1. The summed E-state index contributed by atoms with van der Waals surface area (Å²) in [6.07, 6.45) is 1.25. The molecule has 29 heavy (non-hydrogen) atoms. The zero-order valence-electron chi connectivity index (χ0n) is 17.1. The Labute approximate surface area is 176 Å². The third kappa shape index (κ3) is 5.77. The van der Waals surface area contributed by atoms with Gasteiger partial charge in [0.25, 0.3) is 5.91 Å². The number of rotatable bonds is 7. The molecule has 7 nitrogen and oxygen atoms in total. The summed E-state index contributed by atoms with van der Waals surface area (Å²) in [7, 11) is -2.97. The molecule has 1 aliphatic rings. The maximum Gasteiger partial charge on any atom is 0.265 e. The smallest absolute Gasteiger partial charge is 0.265 e. The Bertz CT molecular complexity index is 947.